The summed E-state index contributed by atoms with van der Waals surface area (Å²) >= 11 is 0. The van der Waals surface area contributed by atoms with Crippen LogP contribution in [-0.4, -0.2) is 26.7 Å². The number of aromatic nitrogens is 3. The van der Waals surface area contributed by atoms with Crippen molar-refractivity contribution in [2.75, 3.05) is 6.79 Å². The van der Waals surface area contributed by atoms with E-state index < -0.39 is 0 Å². The molecule has 4 rings (SSSR count). The van der Waals surface area contributed by atoms with Crippen LogP contribution in [0.4, 0.5) is 0 Å². The maximum atomic E-state index is 12.3. The van der Waals surface area contributed by atoms with Crippen LogP contribution in [0.2, 0.25) is 0 Å². The van der Waals surface area contributed by atoms with E-state index in [1.165, 1.54) is 4.57 Å². The second-order valence-electron chi connectivity index (χ2n) is 6.56. The average Bonchev–Trinajstić information content (AvgIpc) is 3.22. The highest BCUT2D eigenvalue weighted by atomic mass is 16.7. The number of phenolic OH excluding ortho intramolecular Hbond substituents is 1. The van der Waals surface area contributed by atoms with Crippen molar-refractivity contribution in [1.82, 2.24) is 14.8 Å². The van der Waals surface area contributed by atoms with Crippen molar-refractivity contribution in [3.8, 4) is 28.6 Å². The molecular weight excluding hydrogens is 334 g/mol. The minimum Gasteiger partial charge on any atom is -0.507 e. The van der Waals surface area contributed by atoms with Crippen LogP contribution in [0.1, 0.15) is 30.9 Å². The Balaban J connectivity index is 1.75. The van der Waals surface area contributed by atoms with Crippen LogP contribution >= 0.6 is 0 Å². The molecule has 0 radical (unpaired) electrons. The van der Waals surface area contributed by atoms with E-state index in [1.807, 2.05) is 30.3 Å². The molecule has 0 atom stereocenters. The van der Waals surface area contributed by atoms with Crippen molar-refractivity contribution in [2.24, 2.45) is 0 Å². The quantitative estimate of drug-likeness (QED) is 0.753. The summed E-state index contributed by atoms with van der Waals surface area (Å²) in [5.74, 6) is 2.12. The van der Waals surface area contributed by atoms with Gasteiger partial charge in [0, 0.05) is 0 Å². The third-order valence-electron chi connectivity index (χ3n) is 4.46. The molecular formula is C19H19N3O4. The smallest absolute Gasteiger partial charge is 0.343 e. The number of benzene rings is 2. The van der Waals surface area contributed by atoms with Crippen LogP contribution in [-0.2, 0) is 6.54 Å². The summed E-state index contributed by atoms with van der Waals surface area (Å²) in [5, 5.41) is 16.9. The van der Waals surface area contributed by atoms with Gasteiger partial charge in [-0.3, -0.25) is 4.57 Å². The first-order chi connectivity index (χ1) is 12.5. The fourth-order valence-corrected chi connectivity index (χ4v) is 2.98. The maximum absolute atomic E-state index is 12.3. The lowest BCUT2D eigenvalue weighted by Gasteiger charge is -2.11. The number of hydrogen-bond donors (Lipinski definition) is 2. The average molecular weight is 353 g/mol. The van der Waals surface area contributed by atoms with E-state index in [-0.39, 0.29) is 18.2 Å². The Morgan fingerprint density at radius 1 is 1.19 bits per heavy atom. The molecule has 0 bridgehead atoms. The van der Waals surface area contributed by atoms with Crippen LogP contribution < -0.4 is 15.2 Å². The lowest BCUT2D eigenvalue weighted by molar-refractivity contribution is 0.174. The second-order valence-corrected chi connectivity index (χ2v) is 6.56. The zero-order chi connectivity index (χ0) is 18.3. The summed E-state index contributed by atoms with van der Waals surface area (Å²) in [7, 11) is 0. The number of fused-ring (bicyclic) bond motifs is 1. The van der Waals surface area contributed by atoms with Gasteiger partial charge in [0.05, 0.1) is 12.1 Å². The van der Waals surface area contributed by atoms with Crippen molar-refractivity contribution in [1.29, 1.82) is 0 Å². The van der Waals surface area contributed by atoms with Gasteiger partial charge in [-0.2, -0.15) is 5.10 Å². The fraction of sp³-hybridized carbons (Fsp3) is 0.263. The molecule has 26 heavy (non-hydrogen) atoms. The molecule has 2 heterocycles. The summed E-state index contributed by atoms with van der Waals surface area (Å²) in [6.45, 7) is 4.64. The highest BCUT2D eigenvalue weighted by molar-refractivity contribution is 5.65. The molecule has 0 amide bonds. The molecule has 7 heteroatoms. The van der Waals surface area contributed by atoms with Gasteiger partial charge >= 0.3 is 5.69 Å². The van der Waals surface area contributed by atoms with E-state index in [0.717, 1.165) is 11.1 Å². The van der Waals surface area contributed by atoms with E-state index in [0.29, 0.717) is 35.3 Å². The molecule has 134 valence electrons. The van der Waals surface area contributed by atoms with Crippen molar-refractivity contribution < 1.29 is 14.6 Å². The third-order valence-corrected chi connectivity index (χ3v) is 4.46. The van der Waals surface area contributed by atoms with Crippen LogP contribution in [0.15, 0.2) is 41.2 Å². The summed E-state index contributed by atoms with van der Waals surface area (Å²) in [5.41, 5.74) is 2.11. The molecule has 0 aliphatic carbocycles. The summed E-state index contributed by atoms with van der Waals surface area (Å²) in [6.07, 6.45) is 0. The van der Waals surface area contributed by atoms with E-state index in [2.05, 4.69) is 24.0 Å². The standard InChI is InChI=1S/C19H19N3O4/c1-11(2)13-4-5-15(23)14(8-13)18-20-21-19(24)22(18)9-12-3-6-16-17(7-12)26-10-25-16/h3-8,11,23H,9-10H2,1-2H3,(H,21,24). The van der Waals surface area contributed by atoms with Crippen LogP contribution in [0, 0.1) is 0 Å². The topological polar surface area (TPSA) is 89.4 Å². The minimum atomic E-state index is -0.341. The lowest BCUT2D eigenvalue weighted by Crippen LogP contribution is -2.18. The number of nitrogens with zero attached hydrogens (tertiary/aromatic N) is 2. The fourth-order valence-electron chi connectivity index (χ4n) is 2.98. The van der Waals surface area contributed by atoms with E-state index in [1.54, 1.807) is 6.07 Å². The predicted molar refractivity (Wildman–Crippen MR) is 95.7 cm³/mol. The number of aromatic amines is 1. The molecule has 1 aliphatic heterocycles. The third kappa shape index (κ3) is 2.81. The Morgan fingerprint density at radius 3 is 2.81 bits per heavy atom. The highest BCUT2D eigenvalue weighted by Crippen LogP contribution is 2.34. The molecule has 3 aromatic rings. The van der Waals surface area contributed by atoms with Crippen molar-refractivity contribution >= 4 is 0 Å². The van der Waals surface area contributed by atoms with Crippen molar-refractivity contribution in [3.05, 3.63) is 58.0 Å². The van der Waals surface area contributed by atoms with Gasteiger partial charge in [-0.05, 0) is 41.3 Å². The van der Waals surface area contributed by atoms with Gasteiger partial charge in [0.2, 0.25) is 6.79 Å². The van der Waals surface area contributed by atoms with E-state index in [9.17, 15) is 9.90 Å². The van der Waals surface area contributed by atoms with Crippen LogP contribution in [0.25, 0.3) is 11.4 Å². The van der Waals surface area contributed by atoms with E-state index >= 15 is 0 Å². The molecule has 2 aromatic carbocycles. The summed E-state index contributed by atoms with van der Waals surface area (Å²) < 4.78 is 12.2. The van der Waals surface area contributed by atoms with Gasteiger partial charge in [-0.1, -0.05) is 26.0 Å². The van der Waals surface area contributed by atoms with Gasteiger partial charge in [-0.15, -0.1) is 0 Å². The van der Waals surface area contributed by atoms with Gasteiger partial charge in [0.15, 0.2) is 17.3 Å². The second kappa shape index (κ2) is 6.25. The molecule has 0 saturated heterocycles. The molecule has 0 spiro atoms. The van der Waals surface area contributed by atoms with Gasteiger partial charge in [0.1, 0.15) is 5.75 Å². The lowest BCUT2D eigenvalue weighted by atomic mass is 10.00. The predicted octanol–water partition coefficient (Wildman–Crippen LogP) is 2.84. The van der Waals surface area contributed by atoms with Crippen LogP contribution in [0.3, 0.4) is 0 Å². The number of phenols is 1. The monoisotopic (exact) mass is 353 g/mol. The number of hydrogen-bond acceptors (Lipinski definition) is 5. The van der Waals surface area contributed by atoms with Gasteiger partial charge < -0.3 is 14.6 Å². The number of ether oxygens (including phenoxy) is 2. The van der Waals surface area contributed by atoms with Gasteiger partial charge in [-0.25, -0.2) is 9.89 Å². The first-order valence-electron chi connectivity index (χ1n) is 8.40. The molecule has 0 unspecified atom stereocenters. The molecule has 0 fully saturated rings. The number of aromatic hydroxyl groups is 1. The molecule has 7 nitrogen and oxygen atoms in total. The molecule has 2 N–H and O–H groups in total. The first kappa shape index (κ1) is 16.3. The maximum Gasteiger partial charge on any atom is 0.343 e. The van der Waals surface area contributed by atoms with Crippen molar-refractivity contribution in [2.45, 2.75) is 26.3 Å². The highest BCUT2D eigenvalue weighted by Gasteiger charge is 2.18. The largest absolute Gasteiger partial charge is 0.507 e. The summed E-state index contributed by atoms with van der Waals surface area (Å²) in [6, 6.07) is 10.9. The zero-order valence-corrected chi connectivity index (χ0v) is 14.5. The Morgan fingerprint density at radius 2 is 2.00 bits per heavy atom. The molecule has 1 aromatic heterocycles. The minimum absolute atomic E-state index is 0.0836. The Bertz CT molecular complexity index is 1020. The Hall–Kier alpha value is -3.22. The first-order valence-corrected chi connectivity index (χ1v) is 8.40. The Labute approximate surface area is 149 Å². The molecule has 1 aliphatic rings. The Kier molecular flexibility index (Phi) is 3.91. The number of H-pyrrole nitrogens is 1. The number of rotatable bonds is 4. The summed E-state index contributed by atoms with van der Waals surface area (Å²) in [4.78, 5) is 12.3. The van der Waals surface area contributed by atoms with Crippen molar-refractivity contribution in [3.63, 3.8) is 0 Å². The normalized spacial score (nSPS) is 12.7. The van der Waals surface area contributed by atoms with Crippen LogP contribution in [0.5, 0.6) is 17.2 Å². The molecule has 0 saturated carbocycles. The zero-order valence-electron chi connectivity index (χ0n) is 14.5. The number of nitrogens with one attached hydrogen (secondary N) is 1. The SMILES string of the molecule is CC(C)c1ccc(O)c(-c2n[nH]c(=O)n2Cc2ccc3c(c2)OCO3)c1. The van der Waals surface area contributed by atoms with Gasteiger partial charge in [0.25, 0.3) is 0 Å². The van der Waals surface area contributed by atoms with E-state index in [4.69, 9.17) is 9.47 Å².